The van der Waals surface area contributed by atoms with Crippen molar-refractivity contribution < 1.29 is 4.42 Å². The first-order valence-corrected chi connectivity index (χ1v) is 8.46. The first-order valence-electron chi connectivity index (χ1n) is 8.46. The Morgan fingerprint density at radius 3 is 2.39 bits per heavy atom. The van der Waals surface area contributed by atoms with Crippen LogP contribution in [0.4, 0.5) is 11.4 Å². The third-order valence-electron chi connectivity index (χ3n) is 4.96. The molecule has 0 saturated carbocycles. The highest BCUT2D eigenvalue weighted by molar-refractivity contribution is 6.12. The Hall–Kier alpha value is -2.16. The molecule has 2 aromatic carbocycles. The summed E-state index contributed by atoms with van der Waals surface area (Å²) in [6.45, 7) is 9.11. The molecule has 3 heteroatoms. The van der Waals surface area contributed by atoms with Crippen molar-refractivity contribution in [2.75, 3.05) is 16.8 Å². The van der Waals surface area contributed by atoms with Gasteiger partial charge in [0.05, 0.1) is 5.69 Å². The minimum atomic E-state index is 0.365. The van der Waals surface area contributed by atoms with E-state index in [1.54, 1.807) is 0 Å². The zero-order valence-corrected chi connectivity index (χ0v) is 14.5. The molecule has 0 saturated heterocycles. The van der Waals surface area contributed by atoms with Gasteiger partial charge in [-0.2, -0.15) is 0 Å². The lowest BCUT2D eigenvalue weighted by Crippen LogP contribution is -2.48. The molecule has 1 atom stereocenters. The molecule has 0 N–H and O–H groups in total. The minimum Gasteiger partial charge on any atom is -0.454 e. The van der Waals surface area contributed by atoms with Crippen LogP contribution in [0.3, 0.4) is 0 Å². The van der Waals surface area contributed by atoms with E-state index >= 15 is 0 Å². The molecule has 0 radical (unpaired) electrons. The lowest BCUT2D eigenvalue weighted by molar-refractivity contribution is 0.442. The van der Waals surface area contributed by atoms with Crippen molar-refractivity contribution >= 4 is 33.3 Å². The standard InChI is InChI=1S/C20H24N2O/c1-12(2)20-21(5)18-16(22(20)13(3)4)11-10-15-14-8-6-7-9-17(14)23-19(15)18/h6-13,20H,1-5H3. The van der Waals surface area contributed by atoms with Gasteiger partial charge in [-0.05, 0) is 38.0 Å². The van der Waals surface area contributed by atoms with E-state index < -0.39 is 0 Å². The van der Waals surface area contributed by atoms with E-state index in [2.05, 4.69) is 74.9 Å². The number of furan rings is 1. The van der Waals surface area contributed by atoms with Gasteiger partial charge < -0.3 is 14.2 Å². The van der Waals surface area contributed by atoms with E-state index in [1.807, 2.05) is 6.07 Å². The number of fused-ring (bicyclic) bond motifs is 5. The van der Waals surface area contributed by atoms with Gasteiger partial charge in [-0.15, -0.1) is 0 Å². The van der Waals surface area contributed by atoms with E-state index in [0.717, 1.165) is 11.2 Å². The predicted molar refractivity (Wildman–Crippen MR) is 98.4 cm³/mol. The number of benzene rings is 2. The van der Waals surface area contributed by atoms with Crippen LogP contribution in [0.5, 0.6) is 0 Å². The Bertz CT molecular complexity index is 878. The SMILES string of the molecule is CC(C)C1N(C)c2c(ccc3c2oc2ccccc23)N1C(C)C. The monoisotopic (exact) mass is 308 g/mol. The van der Waals surface area contributed by atoms with Gasteiger partial charge in [0.25, 0.3) is 0 Å². The maximum atomic E-state index is 6.25. The largest absolute Gasteiger partial charge is 0.454 e. The topological polar surface area (TPSA) is 19.6 Å². The van der Waals surface area contributed by atoms with Crippen molar-refractivity contribution in [1.29, 1.82) is 0 Å². The van der Waals surface area contributed by atoms with Crippen LogP contribution in [-0.2, 0) is 0 Å². The Morgan fingerprint density at radius 1 is 0.957 bits per heavy atom. The summed E-state index contributed by atoms with van der Waals surface area (Å²) >= 11 is 0. The predicted octanol–water partition coefficient (Wildman–Crippen LogP) is 5.23. The molecule has 1 unspecified atom stereocenters. The highest BCUT2D eigenvalue weighted by atomic mass is 16.3. The number of para-hydroxylation sites is 1. The van der Waals surface area contributed by atoms with Crippen LogP contribution in [0.2, 0.25) is 0 Å². The molecule has 3 nitrogen and oxygen atoms in total. The third-order valence-corrected chi connectivity index (χ3v) is 4.96. The van der Waals surface area contributed by atoms with Crippen LogP contribution >= 0.6 is 0 Å². The molecule has 0 spiro atoms. The van der Waals surface area contributed by atoms with Gasteiger partial charge in [0, 0.05) is 23.9 Å². The molecule has 1 aliphatic rings. The molecule has 23 heavy (non-hydrogen) atoms. The fourth-order valence-corrected chi connectivity index (χ4v) is 4.13. The van der Waals surface area contributed by atoms with E-state index in [-0.39, 0.29) is 0 Å². The summed E-state index contributed by atoms with van der Waals surface area (Å²) < 4.78 is 6.25. The molecule has 4 rings (SSSR count). The van der Waals surface area contributed by atoms with Crippen molar-refractivity contribution in [3.8, 4) is 0 Å². The first-order chi connectivity index (χ1) is 11.0. The van der Waals surface area contributed by atoms with Crippen molar-refractivity contribution in [2.24, 2.45) is 5.92 Å². The molecule has 0 bridgehead atoms. The van der Waals surface area contributed by atoms with E-state index in [4.69, 9.17) is 4.42 Å². The number of anilines is 2. The summed E-state index contributed by atoms with van der Waals surface area (Å²) in [5.41, 5.74) is 4.49. The fourth-order valence-electron chi connectivity index (χ4n) is 4.13. The lowest BCUT2D eigenvalue weighted by Gasteiger charge is -2.36. The summed E-state index contributed by atoms with van der Waals surface area (Å²) in [7, 11) is 2.19. The summed E-state index contributed by atoms with van der Waals surface area (Å²) in [4.78, 5) is 4.91. The summed E-state index contributed by atoms with van der Waals surface area (Å²) in [5, 5.41) is 2.40. The molecule has 1 aliphatic heterocycles. The number of hydrogen-bond donors (Lipinski definition) is 0. The average Bonchev–Trinajstić information content (AvgIpc) is 3.02. The van der Waals surface area contributed by atoms with Crippen molar-refractivity contribution in [3.63, 3.8) is 0 Å². The van der Waals surface area contributed by atoms with Crippen LogP contribution in [-0.4, -0.2) is 19.3 Å². The zero-order chi connectivity index (χ0) is 16.3. The molecule has 0 fully saturated rings. The van der Waals surface area contributed by atoms with Crippen molar-refractivity contribution in [3.05, 3.63) is 36.4 Å². The average molecular weight is 308 g/mol. The second kappa shape index (κ2) is 4.92. The molecular weight excluding hydrogens is 284 g/mol. The summed E-state index contributed by atoms with van der Waals surface area (Å²) in [6.07, 6.45) is 0.365. The summed E-state index contributed by atoms with van der Waals surface area (Å²) in [6, 6.07) is 13.2. The van der Waals surface area contributed by atoms with E-state index in [9.17, 15) is 0 Å². The lowest BCUT2D eigenvalue weighted by atomic mass is 10.1. The maximum absolute atomic E-state index is 6.25. The van der Waals surface area contributed by atoms with Gasteiger partial charge >= 0.3 is 0 Å². The number of nitrogens with zero attached hydrogens (tertiary/aromatic N) is 2. The van der Waals surface area contributed by atoms with Crippen LogP contribution < -0.4 is 9.80 Å². The second-order valence-corrected chi connectivity index (χ2v) is 7.18. The van der Waals surface area contributed by atoms with Crippen molar-refractivity contribution in [2.45, 2.75) is 39.9 Å². The Morgan fingerprint density at radius 2 is 1.70 bits per heavy atom. The molecular formula is C20H24N2O. The number of hydrogen-bond acceptors (Lipinski definition) is 3. The molecule has 0 amide bonds. The molecule has 2 heterocycles. The van der Waals surface area contributed by atoms with Gasteiger partial charge in [0.15, 0.2) is 5.58 Å². The van der Waals surface area contributed by atoms with E-state index in [1.165, 1.54) is 22.1 Å². The molecule has 1 aromatic heterocycles. The highest BCUT2D eigenvalue weighted by Gasteiger charge is 2.39. The fraction of sp³-hybridized carbons (Fsp3) is 0.400. The number of rotatable bonds is 2. The third kappa shape index (κ3) is 1.89. The highest BCUT2D eigenvalue weighted by Crippen LogP contribution is 2.48. The second-order valence-electron chi connectivity index (χ2n) is 7.18. The van der Waals surface area contributed by atoms with Gasteiger partial charge in [-0.25, -0.2) is 0 Å². The normalized spacial score (nSPS) is 18.0. The van der Waals surface area contributed by atoms with Crippen LogP contribution in [0.25, 0.3) is 21.9 Å². The minimum absolute atomic E-state index is 0.365. The first kappa shape index (κ1) is 14.4. The van der Waals surface area contributed by atoms with Gasteiger partial charge in [-0.1, -0.05) is 32.0 Å². The Balaban J connectivity index is 2.04. The molecule has 120 valence electrons. The van der Waals surface area contributed by atoms with Gasteiger partial charge in [0.2, 0.25) is 0 Å². The molecule has 3 aromatic rings. The molecule has 0 aliphatic carbocycles. The van der Waals surface area contributed by atoms with Crippen molar-refractivity contribution in [1.82, 2.24) is 0 Å². The van der Waals surface area contributed by atoms with Gasteiger partial charge in [0.1, 0.15) is 17.4 Å². The van der Waals surface area contributed by atoms with Crippen LogP contribution in [0.1, 0.15) is 27.7 Å². The van der Waals surface area contributed by atoms with E-state index in [0.29, 0.717) is 18.1 Å². The summed E-state index contributed by atoms with van der Waals surface area (Å²) in [5.74, 6) is 0.536. The Labute approximate surface area is 137 Å². The quantitative estimate of drug-likeness (QED) is 0.646. The zero-order valence-electron chi connectivity index (χ0n) is 14.5. The van der Waals surface area contributed by atoms with Gasteiger partial charge in [-0.3, -0.25) is 0 Å². The maximum Gasteiger partial charge on any atom is 0.160 e. The van der Waals surface area contributed by atoms with Crippen LogP contribution in [0, 0.1) is 5.92 Å². The smallest absolute Gasteiger partial charge is 0.160 e. The van der Waals surface area contributed by atoms with Crippen LogP contribution in [0.15, 0.2) is 40.8 Å². The Kier molecular flexibility index (Phi) is 3.09.